The monoisotopic (exact) mass is 482 g/mol. The molecule has 3 aromatic carbocycles. The fourth-order valence-electron chi connectivity index (χ4n) is 3.74. The van der Waals surface area contributed by atoms with Gasteiger partial charge in [-0.2, -0.15) is 0 Å². The minimum absolute atomic E-state index is 0.139. The summed E-state index contributed by atoms with van der Waals surface area (Å²) in [6.45, 7) is 2.29. The van der Waals surface area contributed by atoms with Crippen LogP contribution in [-0.2, 0) is 14.8 Å². The molecule has 170 valence electrons. The molecule has 1 aliphatic rings. The Morgan fingerprint density at radius 2 is 1.79 bits per heavy atom. The van der Waals surface area contributed by atoms with Crippen LogP contribution >= 0.6 is 11.6 Å². The van der Waals surface area contributed by atoms with Gasteiger partial charge in [-0.25, -0.2) is 8.42 Å². The number of rotatable bonds is 6. The maximum atomic E-state index is 13.4. The van der Waals surface area contributed by atoms with Gasteiger partial charge in [0.05, 0.1) is 12.2 Å². The lowest BCUT2D eigenvalue weighted by atomic mass is 9.95. The number of benzene rings is 3. The minimum atomic E-state index is -4.10. The number of hydrogen-bond acceptors (Lipinski definition) is 4. The minimum Gasteiger partial charge on any atom is -0.492 e. The topological polar surface area (TPSA) is 75.7 Å². The van der Waals surface area contributed by atoms with Gasteiger partial charge in [-0.3, -0.25) is 9.10 Å². The van der Waals surface area contributed by atoms with E-state index in [0.29, 0.717) is 33.2 Å². The number of carbonyl (C=O) groups excluding carboxylic acids is 1. The first-order valence-electron chi connectivity index (χ1n) is 10.4. The maximum absolute atomic E-state index is 13.4. The SMILES string of the molecule is Cc1cccc(OCCNC(=O)C2=C(c3ccccc3)c3cc(Cl)ccc3N(C)S2(=O)=O)c1. The van der Waals surface area contributed by atoms with Gasteiger partial charge in [-0.05, 0) is 48.4 Å². The quantitative estimate of drug-likeness (QED) is 0.529. The summed E-state index contributed by atoms with van der Waals surface area (Å²) in [6.07, 6.45) is 0. The third kappa shape index (κ3) is 4.60. The number of fused-ring (bicyclic) bond motifs is 1. The van der Waals surface area contributed by atoms with E-state index in [1.807, 2.05) is 37.3 Å². The number of nitrogens with zero attached hydrogens (tertiary/aromatic N) is 1. The molecule has 0 aliphatic carbocycles. The van der Waals surface area contributed by atoms with Crippen molar-refractivity contribution in [2.75, 3.05) is 24.5 Å². The zero-order chi connectivity index (χ0) is 23.6. The molecule has 0 bridgehead atoms. The lowest BCUT2D eigenvalue weighted by Gasteiger charge is -2.31. The lowest BCUT2D eigenvalue weighted by Crippen LogP contribution is -2.40. The van der Waals surface area contributed by atoms with E-state index in [2.05, 4.69) is 5.32 Å². The molecular weight excluding hydrogens is 460 g/mol. The average Bonchev–Trinajstić information content (AvgIpc) is 2.79. The highest BCUT2D eigenvalue weighted by Crippen LogP contribution is 2.43. The Hall–Kier alpha value is -3.29. The third-order valence-electron chi connectivity index (χ3n) is 5.33. The van der Waals surface area contributed by atoms with Crippen LogP contribution in [0.25, 0.3) is 5.57 Å². The highest BCUT2D eigenvalue weighted by Gasteiger charge is 2.39. The van der Waals surface area contributed by atoms with Crippen molar-refractivity contribution in [3.05, 3.63) is 99.4 Å². The molecule has 0 radical (unpaired) electrons. The van der Waals surface area contributed by atoms with Crippen molar-refractivity contribution in [1.82, 2.24) is 5.32 Å². The normalized spacial score (nSPS) is 14.6. The summed E-state index contributed by atoms with van der Waals surface area (Å²) in [7, 11) is -2.67. The molecule has 0 spiro atoms. The molecule has 3 aromatic rings. The van der Waals surface area contributed by atoms with Crippen LogP contribution in [0.2, 0.25) is 5.02 Å². The second-order valence-electron chi connectivity index (χ2n) is 7.63. The second-order valence-corrected chi connectivity index (χ2v) is 9.97. The summed E-state index contributed by atoms with van der Waals surface area (Å²) in [5.74, 6) is -0.0128. The number of halogens is 1. The van der Waals surface area contributed by atoms with Crippen LogP contribution in [0.15, 0.2) is 77.7 Å². The Labute approximate surface area is 198 Å². The largest absolute Gasteiger partial charge is 0.492 e. The lowest BCUT2D eigenvalue weighted by molar-refractivity contribution is -0.116. The highest BCUT2D eigenvalue weighted by atomic mass is 35.5. The van der Waals surface area contributed by atoms with Gasteiger partial charge in [0.25, 0.3) is 15.9 Å². The van der Waals surface area contributed by atoms with Crippen LogP contribution in [-0.4, -0.2) is 34.5 Å². The second kappa shape index (κ2) is 9.29. The van der Waals surface area contributed by atoms with E-state index in [1.54, 1.807) is 42.5 Å². The van der Waals surface area contributed by atoms with E-state index in [9.17, 15) is 13.2 Å². The molecule has 4 rings (SSSR count). The number of ether oxygens (including phenoxy) is 1. The van der Waals surface area contributed by atoms with Gasteiger partial charge < -0.3 is 10.1 Å². The first-order valence-corrected chi connectivity index (χ1v) is 12.2. The van der Waals surface area contributed by atoms with Crippen LogP contribution < -0.4 is 14.4 Å². The number of anilines is 1. The van der Waals surface area contributed by atoms with E-state index >= 15 is 0 Å². The molecule has 0 fully saturated rings. The summed E-state index contributed by atoms with van der Waals surface area (Å²) in [4.78, 5) is 12.9. The van der Waals surface area contributed by atoms with Gasteiger partial charge in [0, 0.05) is 23.2 Å². The van der Waals surface area contributed by atoms with Crippen molar-refractivity contribution in [3.63, 3.8) is 0 Å². The predicted octanol–water partition coefficient (Wildman–Crippen LogP) is 4.38. The van der Waals surface area contributed by atoms with Gasteiger partial charge in [-0.1, -0.05) is 54.1 Å². The molecule has 1 N–H and O–H groups in total. The summed E-state index contributed by atoms with van der Waals surface area (Å²) in [5.41, 5.74) is 3.02. The van der Waals surface area contributed by atoms with Crippen molar-refractivity contribution in [2.45, 2.75) is 6.92 Å². The molecule has 33 heavy (non-hydrogen) atoms. The average molecular weight is 483 g/mol. The van der Waals surface area contributed by atoms with Crippen LogP contribution in [0.3, 0.4) is 0 Å². The Morgan fingerprint density at radius 1 is 1.03 bits per heavy atom. The van der Waals surface area contributed by atoms with Crippen molar-refractivity contribution < 1.29 is 17.9 Å². The molecule has 0 unspecified atom stereocenters. The number of aryl methyl sites for hydroxylation is 1. The predicted molar refractivity (Wildman–Crippen MR) is 131 cm³/mol. The zero-order valence-electron chi connectivity index (χ0n) is 18.2. The van der Waals surface area contributed by atoms with E-state index in [0.717, 1.165) is 9.87 Å². The van der Waals surface area contributed by atoms with E-state index in [-0.39, 0.29) is 18.1 Å². The molecule has 6 nitrogen and oxygen atoms in total. The van der Waals surface area contributed by atoms with E-state index < -0.39 is 15.9 Å². The summed E-state index contributed by atoms with van der Waals surface area (Å²) < 4.78 is 33.6. The Bertz CT molecular complexity index is 1340. The van der Waals surface area contributed by atoms with Crippen molar-refractivity contribution in [1.29, 1.82) is 0 Å². The molecule has 1 aliphatic heterocycles. The van der Waals surface area contributed by atoms with Crippen LogP contribution in [0.1, 0.15) is 16.7 Å². The molecule has 0 aromatic heterocycles. The molecule has 0 saturated carbocycles. The van der Waals surface area contributed by atoms with Crippen LogP contribution in [0.5, 0.6) is 5.75 Å². The summed E-state index contributed by atoms with van der Waals surface area (Å²) >= 11 is 6.24. The van der Waals surface area contributed by atoms with Gasteiger partial charge >= 0.3 is 0 Å². The van der Waals surface area contributed by atoms with Crippen LogP contribution in [0.4, 0.5) is 5.69 Å². The summed E-state index contributed by atoms with van der Waals surface area (Å²) in [6, 6.07) is 21.5. The van der Waals surface area contributed by atoms with Crippen LogP contribution in [0, 0.1) is 6.92 Å². The Balaban J connectivity index is 1.69. The molecule has 0 atom stereocenters. The number of carbonyl (C=O) groups is 1. The van der Waals surface area contributed by atoms with E-state index in [4.69, 9.17) is 16.3 Å². The first kappa shape index (κ1) is 22.9. The molecule has 8 heteroatoms. The number of sulfonamides is 1. The van der Waals surface area contributed by atoms with Gasteiger partial charge in [0.15, 0.2) is 4.91 Å². The van der Waals surface area contributed by atoms with Gasteiger partial charge in [-0.15, -0.1) is 0 Å². The highest BCUT2D eigenvalue weighted by molar-refractivity contribution is 7.97. The fourth-order valence-corrected chi connectivity index (χ4v) is 5.40. The first-order chi connectivity index (χ1) is 15.8. The van der Waals surface area contributed by atoms with Crippen molar-refractivity contribution >= 4 is 38.8 Å². The van der Waals surface area contributed by atoms with Crippen molar-refractivity contribution in [3.8, 4) is 5.75 Å². The van der Waals surface area contributed by atoms with E-state index in [1.165, 1.54) is 7.05 Å². The van der Waals surface area contributed by atoms with Gasteiger partial charge in [0.1, 0.15) is 12.4 Å². The molecule has 1 amide bonds. The number of nitrogens with one attached hydrogen (secondary N) is 1. The standard InChI is InChI=1S/C25H23ClN2O4S/c1-17-7-6-10-20(15-17)32-14-13-27-25(29)24-23(18-8-4-3-5-9-18)21-16-19(26)11-12-22(21)28(2)33(24,30)31/h3-12,15-16H,13-14H2,1-2H3,(H,27,29). The molecular formula is C25H23ClN2O4S. The third-order valence-corrected chi connectivity index (χ3v) is 7.39. The Kier molecular flexibility index (Phi) is 6.44. The fraction of sp³-hybridized carbons (Fsp3) is 0.160. The molecule has 0 saturated heterocycles. The Morgan fingerprint density at radius 3 is 2.52 bits per heavy atom. The zero-order valence-corrected chi connectivity index (χ0v) is 19.8. The summed E-state index contributed by atoms with van der Waals surface area (Å²) in [5, 5.41) is 3.14. The van der Waals surface area contributed by atoms with Crippen molar-refractivity contribution in [2.24, 2.45) is 0 Å². The number of hydrogen-bond donors (Lipinski definition) is 1. The number of amides is 1. The van der Waals surface area contributed by atoms with Gasteiger partial charge in [0.2, 0.25) is 0 Å². The smallest absolute Gasteiger partial charge is 0.270 e. The molecule has 1 heterocycles. The maximum Gasteiger partial charge on any atom is 0.270 e.